The van der Waals surface area contributed by atoms with Gasteiger partial charge in [-0.05, 0) is 5.56 Å². The summed E-state index contributed by atoms with van der Waals surface area (Å²) in [6.07, 6.45) is 1.37. The second kappa shape index (κ2) is 6.15. The SMILES string of the molecule is COC(=O)c1nc(NCc2ccccc2)ncc1Cl. The van der Waals surface area contributed by atoms with Crippen LogP contribution in [0.25, 0.3) is 0 Å². The highest BCUT2D eigenvalue weighted by molar-refractivity contribution is 6.33. The van der Waals surface area contributed by atoms with Crippen molar-refractivity contribution in [3.63, 3.8) is 0 Å². The van der Waals surface area contributed by atoms with Crippen LogP contribution < -0.4 is 5.32 Å². The third kappa shape index (κ3) is 3.42. The Hall–Kier alpha value is -2.14. The van der Waals surface area contributed by atoms with Crippen LogP contribution in [0, 0.1) is 0 Å². The maximum absolute atomic E-state index is 11.4. The Morgan fingerprint density at radius 2 is 2.11 bits per heavy atom. The standard InChI is InChI=1S/C13H12ClN3O2/c1-19-12(18)11-10(14)8-16-13(17-11)15-7-9-5-3-2-4-6-9/h2-6,8H,7H2,1H3,(H,15,16,17). The van der Waals surface area contributed by atoms with Gasteiger partial charge in [0, 0.05) is 6.54 Å². The predicted molar refractivity (Wildman–Crippen MR) is 72.2 cm³/mol. The van der Waals surface area contributed by atoms with Crippen molar-refractivity contribution < 1.29 is 9.53 Å². The maximum Gasteiger partial charge on any atom is 0.358 e. The minimum absolute atomic E-state index is 0.0507. The van der Waals surface area contributed by atoms with E-state index >= 15 is 0 Å². The van der Waals surface area contributed by atoms with Crippen molar-refractivity contribution in [2.45, 2.75) is 6.54 Å². The van der Waals surface area contributed by atoms with Gasteiger partial charge in [0.25, 0.3) is 0 Å². The van der Waals surface area contributed by atoms with E-state index in [1.54, 1.807) is 0 Å². The largest absolute Gasteiger partial charge is 0.464 e. The Labute approximate surface area is 115 Å². The summed E-state index contributed by atoms with van der Waals surface area (Å²) in [4.78, 5) is 19.5. The van der Waals surface area contributed by atoms with Gasteiger partial charge >= 0.3 is 5.97 Å². The Morgan fingerprint density at radius 3 is 2.79 bits per heavy atom. The number of carbonyl (C=O) groups excluding carboxylic acids is 1. The number of methoxy groups -OCH3 is 1. The van der Waals surface area contributed by atoms with E-state index in [0.717, 1.165) is 5.56 Å². The molecule has 0 saturated heterocycles. The van der Waals surface area contributed by atoms with Crippen LogP contribution in [-0.4, -0.2) is 23.0 Å². The van der Waals surface area contributed by atoms with Gasteiger partial charge < -0.3 is 10.1 Å². The molecule has 19 heavy (non-hydrogen) atoms. The number of hydrogen-bond donors (Lipinski definition) is 1. The van der Waals surface area contributed by atoms with Crippen LogP contribution in [0.1, 0.15) is 16.1 Å². The average molecular weight is 278 g/mol. The molecule has 0 atom stereocenters. The number of rotatable bonds is 4. The Balaban J connectivity index is 2.11. The van der Waals surface area contributed by atoms with Gasteiger partial charge in [-0.3, -0.25) is 0 Å². The fraction of sp³-hybridized carbons (Fsp3) is 0.154. The molecule has 98 valence electrons. The van der Waals surface area contributed by atoms with Crippen molar-refractivity contribution in [1.29, 1.82) is 0 Å². The van der Waals surface area contributed by atoms with Crippen molar-refractivity contribution in [3.05, 3.63) is 52.8 Å². The summed E-state index contributed by atoms with van der Waals surface area (Å²) in [6, 6.07) is 9.78. The summed E-state index contributed by atoms with van der Waals surface area (Å²) in [7, 11) is 1.28. The summed E-state index contributed by atoms with van der Waals surface area (Å²) in [5, 5.41) is 3.18. The van der Waals surface area contributed by atoms with Crippen LogP contribution >= 0.6 is 11.6 Å². The predicted octanol–water partition coefficient (Wildman–Crippen LogP) is 2.53. The number of halogens is 1. The molecule has 2 aromatic rings. The van der Waals surface area contributed by atoms with E-state index in [2.05, 4.69) is 20.0 Å². The first-order chi connectivity index (χ1) is 9.20. The normalized spacial score (nSPS) is 10.0. The molecule has 1 N–H and O–H groups in total. The van der Waals surface area contributed by atoms with Crippen LogP contribution in [0.15, 0.2) is 36.5 Å². The molecular weight excluding hydrogens is 266 g/mol. The number of aromatic nitrogens is 2. The van der Waals surface area contributed by atoms with Crippen molar-refractivity contribution in [1.82, 2.24) is 9.97 Å². The van der Waals surface area contributed by atoms with Gasteiger partial charge in [-0.2, -0.15) is 0 Å². The zero-order chi connectivity index (χ0) is 13.7. The van der Waals surface area contributed by atoms with Crippen LogP contribution in [0.2, 0.25) is 5.02 Å². The molecule has 0 fully saturated rings. The van der Waals surface area contributed by atoms with E-state index in [1.807, 2.05) is 30.3 Å². The van der Waals surface area contributed by atoms with E-state index in [-0.39, 0.29) is 10.7 Å². The first kappa shape index (κ1) is 13.3. The van der Waals surface area contributed by atoms with Crippen molar-refractivity contribution in [3.8, 4) is 0 Å². The number of carbonyl (C=O) groups is 1. The number of esters is 1. The zero-order valence-electron chi connectivity index (χ0n) is 10.3. The lowest BCUT2D eigenvalue weighted by Crippen LogP contribution is -2.10. The second-order valence-corrected chi connectivity index (χ2v) is 4.13. The minimum Gasteiger partial charge on any atom is -0.464 e. The molecule has 0 aliphatic carbocycles. The fourth-order valence-electron chi connectivity index (χ4n) is 1.47. The number of ether oxygens (including phenoxy) is 1. The van der Waals surface area contributed by atoms with Crippen molar-refractivity contribution in [2.24, 2.45) is 0 Å². The lowest BCUT2D eigenvalue weighted by atomic mass is 10.2. The van der Waals surface area contributed by atoms with Gasteiger partial charge in [0.05, 0.1) is 18.3 Å². The van der Waals surface area contributed by atoms with Crippen LogP contribution in [-0.2, 0) is 11.3 Å². The highest BCUT2D eigenvalue weighted by Crippen LogP contribution is 2.15. The van der Waals surface area contributed by atoms with Crippen LogP contribution in [0.4, 0.5) is 5.95 Å². The molecule has 1 heterocycles. The molecule has 1 aromatic carbocycles. The smallest absolute Gasteiger partial charge is 0.358 e. The maximum atomic E-state index is 11.4. The fourth-order valence-corrected chi connectivity index (χ4v) is 1.64. The summed E-state index contributed by atoms with van der Waals surface area (Å²) in [5.41, 5.74) is 1.13. The van der Waals surface area contributed by atoms with E-state index in [0.29, 0.717) is 12.5 Å². The Kier molecular flexibility index (Phi) is 4.30. The third-order valence-electron chi connectivity index (χ3n) is 2.42. The zero-order valence-corrected chi connectivity index (χ0v) is 11.0. The van der Waals surface area contributed by atoms with Gasteiger partial charge in [0.2, 0.25) is 5.95 Å². The first-order valence-electron chi connectivity index (χ1n) is 5.59. The third-order valence-corrected chi connectivity index (χ3v) is 2.69. The molecule has 2 rings (SSSR count). The topological polar surface area (TPSA) is 64.1 Å². The first-order valence-corrected chi connectivity index (χ1v) is 5.97. The van der Waals surface area contributed by atoms with Gasteiger partial charge in [-0.1, -0.05) is 41.9 Å². The Morgan fingerprint density at radius 1 is 1.37 bits per heavy atom. The second-order valence-electron chi connectivity index (χ2n) is 3.72. The molecule has 5 nitrogen and oxygen atoms in total. The molecule has 0 bridgehead atoms. The van der Waals surface area contributed by atoms with E-state index < -0.39 is 5.97 Å². The minimum atomic E-state index is -0.588. The summed E-state index contributed by atoms with van der Waals surface area (Å²) >= 11 is 5.83. The van der Waals surface area contributed by atoms with Crippen molar-refractivity contribution >= 4 is 23.5 Å². The highest BCUT2D eigenvalue weighted by Gasteiger charge is 2.14. The molecule has 0 radical (unpaired) electrons. The molecule has 0 spiro atoms. The molecule has 0 amide bonds. The molecular formula is C13H12ClN3O2. The number of nitrogens with zero attached hydrogens (tertiary/aromatic N) is 2. The van der Waals surface area contributed by atoms with Crippen molar-refractivity contribution in [2.75, 3.05) is 12.4 Å². The molecule has 0 saturated carbocycles. The molecule has 1 aromatic heterocycles. The number of nitrogens with one attached hydrogen (secondary N) is 1. The molecule has 0 unspecified atom stereocenters. The van der Waals surface area contributed by atoms with Gasteiger partial charge in [-0.15, -0.1) is 0 Å². The summed E-state index contributed by atoms with van der Waals surface area (Å²) in [5.74, 6) is -0.260. The van der Waals surface area contributed by atoms with E-state index in [1.165, 1.54) is 13.3 Å². The summed E-state index contributed by atoms with van der Waals surface area (Å²) in [6.45, 7) is 0.559. The highest BCUT2D eigenvalue weighted by atomic mass is 35.5. The number of hydrogen-bond acceptors (Lipinski definition) is 5. The number of benzene rings is 1. The van der Waals surface area contributed by atoms with Crippen LogP contribution in [0.3, 0.4) is 0 Å². The van der Waals surface area contributed by atoms with Gasteiger partial charge in [-0.25, -0.2) is 14.8 Å². The van der Waals surface area contributed by atoms with Gasteiger partial charge in [0.15, 0.2) is 5.69 Å². The lowest BCUT2D eigenvalue weighted by molar-refractivity contribution is 0.0594. The quantitative estimate of drug-likeness (QED) is 0.870. The lowest BCUT2D eigenvalue weighted by Gasteiger charge is -2.07. The molecule has 6 heteroatoms. The average Bonchev–Trinajstić information content (AvgIpc) is 2.46. The molecule has 0 aliphatic rings. The molecule has 0 aliphatic heterocycles. The van der Waals surface area contributed by atoms with E-state index in [4.69, 9.17) is 11.6 Å². The Bertz CT molecular complexity index is 575. The van der Waals surface area contributed by atoms with Gasteiger partial charge in [0.1, 0.15) is 0 Å². The van der Waals surface area contributed by atoms with E-state index in [9.17, 15) is 4.79 Å². The number of anilines is 1. The monoisotopic (exact) mass is 277 g/mol. The summed E-state index contributed by atoms with van der Waals surface area (Å²) < 4.78 is 4.59. The van der Waals surface area contributed by atoms with Crippen LogP contribution in [0.5, 0.6) is 0 Å².